The number of aliphatic hydroxyl groups excluding tert-OH is 1. The third-order valence-electron chi connectivity index (χ3n) is 2.19. The van der Waals surface area contributed by atoms with Crippen LogP contribution in [0.4, 0.5) is 5.95 Å². The van der Waals surface area contributed by atoms with Gasteiger partial charge < -0.3 is 14.7 Å². The summed E-state index contributed by atoms with van der Waals surface area (Å²) in [5, 5.41) is 9.49. The van der Waals surface area contributed by atoms with Crippen molar-refractivity contribution in [3.8, 4) is 0 Å². The van der Waals surface area contributed by atoms with Gasteiger partial charge >= 0.3 is 0 Å². The van der Waals surface area contributed by atoms with E-state index in [9.17, 15) is 0 Å². The minimum absolute atomic E-state index is 0.0842. The average Bonchev–Trinajstić information content (AvgIpc) is 2.37. The summed E-state index contributed by atoms with van der Waals surface area (Å²) in [6.07, 6.45) is 0. The second kappa shape index (κ2) is 6.34. The number of morpholine rings is 1. The molecule has 0 atom stereocenters. The molecule has 1 aliphatic rings. The van der Waals surface area contributed by atoms with Crippen LogP contribution in [0.1, 0.15) is 0 Å². The van der Waals surface area contributed by atoms with Gasteiger partial charge in [-0.05, 0) is 11.6 Å². The summed E-state index contributed by atoms with van der Waals surface area (Å²) in [6, 6.07) is 0. The molecule has 1 N–H and O–H groups in total. The summed E-state index contributed by atoms with van der Waals surface area (Å²) in [7, 11) is 0. The summed E-state index contributed by atoms with van der Waals surface area (Å²) in [5.41, 5.74) is 0. The number of halogens is 1. The van der Waals surface area contributed by atoms with Gasteiger partial charge in [0.1, 0.15) is 0 Å². The van der Waals surface area contributed by atoms with Crippen LogP contribution >= 0.6 is 23.4 Å². The molecule has 1 aliphatic heterocycles. The highest BCUT2D eigenvalue weighted by Gasteiger charge is 2.16. The molecule has 0 bridgehead atoms. The van der Waals surface area contributed by atoms with Crippen molar-refractivity contribution in [2.24, 2.45) is 0 Å². The van der Waals surface area contributed by atoms with E-state index in [1.165, 1.54) is 11.8 Å². The molecule has 2 rings (SSSR count). The molecule has 0 spiro atoms. The second-order valence-corrected chi connectivity index (χ2v) is 4.76. The highest BCUT2D eigenvalue weighted by Crippen LogP contribution is 2.18. The lowest BCUT2D eigenvalue weighted by Crippen LogP contribution is -2.37. The van der Waals surface area contributed by atoms with E-state index in [0.29, 0.717) is 30.1 Å². The molecule has 0 saturated carbocycles. The molecule has 1 saturated heterocycles. The van der Waals surface area contributed by atoms with Crippen molar-refractivity contribution in [1.82, 2.24) is 15.0 Å². The van der Waals surface area contributed by atoms with Crippen molar-refractivity contribution in [2.45, 2.75) is 5.16 Å². The fraction of sp³-hybridized carbons (Fsp3) is 0.667. The fourth-order valence-electron chi connectivity index (χ4n) is 1.43. The molecule has 0 amide bonds. The number of ether oxygens (including phenoxy) is 1. The van der Waals surface area contributed by atoms with Crippen LogP contribution in [-0.2, 0) is 4.74 Å². The van der Waals surface area contributed by atoms with E-state index in [1.54, 1.807) is 0 Å². The van der Waals surface area contributed by atoms with Crippen molar-refractivity contribution in [2.75, 3.05) is 43.6 Å². The molecule has 17 heavy (non-hydrogen) atoms. The Labute approximate surface area is 108 Å². The minimum Gasteiger partial charge on any atom is -0.396 e. The lowest BCUT2D eigenvalue weighted by atomic mass is 10.4. The van der Waals surface area contributed by atoms with Gasteiger partial charge in [0.25, 0.3) is 0 Å². The van der Waals surface area contributed by atoms with E-state index >= 15 is 0 Å². The molecule has 1 fully saturated rings. The highest BCUT2D eigenvalue weighted by atomic mass is 35.5. The van der Waals surface area contributed by atoms with Gasteiger partial charge in [-0.15, -0.1) is 0 Å². The lowest BCUT2D eigenvalue weighted by molar-refractivity contribution is 0.122. The Morgan fingerprint density at radius 2 is 2.06 bits per heavy atom. The first-order chi connectivity index (χ1) is 8.29. The van der Waals surface area contributed by atoms with Gasteiger partial charge in [0.05, 0.1) is 19.8 Å². The molecule has 0 radical (unpaired) electrons. The zero-order valence-corrected chi connectivity index (χ0v) is 10.7. The Bertz CT molecular complexity index is 376. The molecular weight excluding hydrogens is 264 g/mol. The van der Waals surface area contributed by atoms with Gasteiger partial charge in [0.15, 0.2) is 5.16 Å². The van der Waals surface area contributed by atoms with E-state index < -0.39 is 0 Å². The van der Waals surface area contributed by atoms with Crippen LogP contribution in [0.15, 0.2) is 5.16 Å². The van der Waals surface area contributed by atoms with E-state index in [1.807, 2.05) is 4.90 Å². The largest absolute Gasteiger partial charge is 0.396 e. The van der Waals surface area contributed by atoms with Crippen molar-refractivity contribution in [3.63, 3.8) is 0 Å². The average molecular weight is 277 g/mol. The molecule has 8 heteroatoms. The number of aromatic nitrogens is 3. The van der Waals surface area contributed by atoms with Gasteiger partial charge in [0, 0.05) is 18.8 Å². The Hall–Kier alpha value is -0.630. The molecule has 94 valence electrons. The van der Waals surface area contributed by atoms with Crippen molar-refractivity contribution in [3.05, 3.63) is 5.28 Å². The zero-order valence-electron chi connectivity index (χ0n) is 9.17. The smallest absolute Gasteiger partial charge is 0.230 e. The maximum atomic E-state index is 8.76. The summed E-state index contributed by atoms with van der Waals surface area (Å²) in [6.45, 7) is 2.93. The predicted octanol–water partition coefficient (Wildman–Crippen LogP) is 0.446. The van der Waals surface area contributed by atoms with Crippen molar-refractivity contribution < 1.29 is 9.84 Å². The van der Waals surface area contributed by atoms with E-state index in [0.717, 1.165) is 13.1 Å². The lowest BCUT2D eigenvalue weighted by Gasteiger charge is -2.26. The second-order valence-electron chi connectivity index (χ2n) is 3.36. The molecule has 0 unspecified atom stereocenters. The summed E-state index contributed by atoms with van der Waals surface area (Å²) in [4.78, 5) is 14.4. The van der Waals surface area contributed by atoms with Crippen LogP contribution in [-0.4, -0.2) is 58.7 Å². The van der Waals surface area contributed by atoms with Crippen LogP contribution in [0, 0.1) is 0 Å². The quantitative estimate of drug-likeness (QED) is 0.801. The third-order valence-corrected chi connectivity index (χ3v) is 3.19. The maximum absolute atomic E-state index is 8.76. The first-order valence-corrected chi connectivity index (χ1v) is 6.64. The van der Waals surface area contributed by atoms with E-state index in [4.69, 9.17) is 21.4 Å². The Morgan fingerprint density at radius 3 is 2.76 bits per heavy atom. The van der Waals surface area contributed by atoms with Gasteiger partial charge in [0.2, 0.25) is 11.2 Å². The highest BCUT2D eigenvalue weighted by molar-refractivity contribution is 7.99. The third kappa shape index (κ3) is 3.67. The Balaban J connectivity index is 2.12. The van der Waals surface area contributed by atoms with Crippen molar-refractivity contribution in [1.29, 1.82) is 0 Å². The van der Waals surface area contributed by atoms with Gasteiger partial charge in [-0.25, -0.2) is 0 Å². The van der Waals surface area contributed by atoms with Gasteiger partial charge in [-0.2, -0.15) is 15.0 Å². The van der Waals surface area contributed by atoms with Gasteiger partial charge in [-0.3, -0.25) is 0 Å². The molecule has 6 nitrogen and oxygen atoms in total. The molecule has 2 heterocycles. The van der Waals surface area contributed by atoms with Gasteiger partial charge in [-0.1, -0.05) is 11.8 Å². The summed E-state index contributed by atoms with van der Waals surface area (Å²) >= 11 is 7.21. The topological polar surface area (TPSA) is 71.4 Å². The Morgan fingerprint density at radius 1 is 1.29 bits per heavy atom. The van der Waals surface area contributed by atoms with Crippen LogP contribution in [0.5, 0.6) is 0 Å². The van der Waals surface area contributed by atoms with Crippen LogP contribution in [0.25, 0.3) is 0 Å². The monoisotopic (exact) mass is 276 g/mol. The summed E-state index contributed by atoms with van der Waals surface area (Å²) < 4.78 is 5.26. The van der Waals surface area contributed by atoms with Crippen LogP contribution < -0.4 is 4.90 Å². The molecule has 1 aromatic heterocycles. The molecular formula is C9H13ClN4O2S. The molecule has 1 aromatic rings. The van der Waals surface area contributed by atoms with E-state index in [2.05, 4.69) is 15.0 Å². The van der Waals surface area contributed by atoms with Crippen LogP contribution in [0.2, 0.25) is 5.28 Å². The first kappa shape index (κ1) is 12.8. The fourth-order valence-corrected chi connectivity index (χ4v) is 2.21. The molecule has 0 aliphatic carbocycles. The van der Waals surface area contributed by atoms with E-state index in [-0.39, 0.29) is 11.9 Å². The number of aliphatic hydroxyl groups is 1. The SMILES string of the molecule is OCCSc1nc(Cl)nc(N2CCOCC2)n1. The summed E-state index contributed by atoms with van der Waals surface area (Å²) in [5.74, 6) is 1.12. The molecule has 0 aromatic carbocycles. The standard InChI is InChI=1S/C9H13ClN4O2S/c10-7-11-8(14-1-4-16-5-2-14)13-9(12-7)17-6-3-15/h15H,1-6H2. The number of hydrogen-bond acceptors (Lipinski definition) is 7. The minimum atomic E-state index is 0.0842. The number of thioether (sulfide) groups is 1. The maximum Gasteiger partial charge on any atom is 0.230 e. The normalized spacial score (nSPS) is 16.2. The number of hydrogen-bond donors (Lipinski definition) is 1. The Kier molecular flexibility index (Phi) is 4.78. The number of anilines is 1. The predicted molar refractivity (Wildman–Crippen MR) is 65.7 cm³/mol. The number of nitrogens with zero attached hydrogens (tertiary/aromatic N) is 4. The van der Waals surface area contributed by atoms with Crippen molar-refractivity contribution >= 4 is 29.3 Å². The number of rotatable bonds is 4. The zero-order chi connectivity index (χ0) is 12.1. The first-order valence-electron chi connectivity index (χ1n) is 5.27. The van der Waals surface area contributed by atoms with Crippen LogP contribution in [0.3, 0.4) is 0 Å².